The number of aromatic carboxylic acids is 1. The normalized spacial score (nSPS) is 10.5. The molecule has 4 nitrogen and oxygen atoms in total. The fourth-order valence-corrected chi connectivity index (χ4v) is 1.94. The van der Waals surface area contributed by atoms with Gasteiger partial charge in [0.25, 0.3) is 0 Å². The van der Waals surface area contributed by atoms with E-state index in [-0.39, 0.29) is 5.76 Å². The van der Waals surface area contributed by atoms with E-state index in [1.165, 1.54) is 11.6 Å². The van der Waals surface area contributed by atoms with Crippen LogP contribution in [0.1, 0.15) is 28.3 Å². The van der Waals surface area contributed by atoms with E-state index in [4.69, 9.17) is 4.42 Å². The van der Waals surface area contributed by atoms with E-state index < -0.39 is 5.97 Å². The number of carboxylic acid groups (broad SMARTS) is 1. The van der Waals surface area contributed by atoms with E-state index in [0.717, 1.165) is 19.4 Å². The lowest BCUT2D eigenvalue weighted by molar-refractivity contribution is -0.672. The first-order valence-electron chi connectivity index (χ1n) is 6.41. The standard InChI is InChI=1S/C15H17NO3/c17-15(18)14-9-8-13(19-14)11-16-10-4-7-12-5-2-1-3-6-12/h1-3,5-6,8-9,16H,4,7,10-11H2,(H,17,18). The Hall–Kier alpha value is -2.07. The van der Waals surface area contributed by atoms with Gasteiger partial charge >= 0.3 is 0 Å². The van der Waals surface area contributed by atoms with Gasteiger partial charge in [0.2, 0.25) is 0 Å². The summed E-state index contributed by atoms with van der Waals surface area (Å²) in [7, 11) is 0. The molecule has 1 aromatic carbocycles. The van der Waals surface area contributed by atoms with Crippen LogP contribution in [0.15, 0.2) is 46.9 Å². The Balaban J connectivity index is 1.65. The maximum atomic E-state index is 10.5. The molecule has 4 heteroatoms. The largest absolute Gasteiger partial charge is 0.542 e. The Morgan fingerprint density at radius 2 is 1.95 bits per heavy atom. The minimum absolute atomic E-state index is 0.104. The lowest BCUT2D eigenvalue weighted by Gasteiger charge is -2.01. The highest BCUT2D eigenvalue weighted by atomic mass is 16.4. The topological polar surface area (TPSA) is 69.9 Å². The summed E-state index contributed by atoms with van der Waals surface area (Å²) in [6.45, 7) is 1.64. The molecule has 0 radical (unpaired) electrons. The third-order valence-electron chi connectivity index (χ3n) is 2.92. The molecule has 1 aromatic heterocycles. The molecule has 2 N–H and O–H groups in total. The van der Waals surface area contributed by atoms with Gasteiger partial charge in [0.05, 0.1) is 6.54 Å². The van der Waals surface area contributed by atoms with Crippen molar-refractivity contribution >= 4 is 5.97 Å². The SMILES string of the molecule is O=C([O-])c1ccc(C[NH2+]CCCc2ccccc2)o1. The Kier molecular flexibility index (Phi) is 4.75. The second kappa shape index (κ2) is 6.75. The van der Waals surface area contributed by atoms with Crippen molar-refractivity contribution in [1.82, 2.24) is 0 Å². The van der Waals surface area contributed by atoms with Gasteiger partial charge in [-0.05, 0) is 24.1 Å². The van der Waals surface area contributed by atoms with Gasteiger partial charge in [0.1, 0.15) is 18.3 Å². The van der Waals surface area contributed by atoms with Crippen molar-refractivity contribution in [1.29, 1.82) is 0 Å². The smallest absolute Gasteiger partial charge is 0.158 e. The lowest BCUT2D eigenvalue weighted by Crippen LogP contribution is -2.82. The molecule has 2 aromatic rings. The van der Waals surface area contributed by atoms with E-state index in [0.29, 0.717) is 12.3 Å². The zero-order valence-electron chi connectivity index (χ0n) is 10.7. The molecule has 0 aliphatic carbocycles. The fraction of sp³-hybridized carbons (Fsp3) is 0.267. The van der Waals surface area contributed by atoms with Gasteiger partial charge in [-0.15, -0.1) is 0 Å². The molecule has 0 saturated heterocycles. The number of carbonyl (C=O) groups is 1. The van der Waals surface area contributed by atoms with Crippen LogP contribution in [0.3, 0.4) is 0 Å². The molecule has 0 spiro atoms. The van der Waals surface area contributed by atoms with Crippen LogP contribution in [-0.4, -0.2) is 12.5 Å². The minimum atomic E-state index is -1.27. The number of carbonyl (C=O) groups excluding carboxylic acids is 1. The number of rotatable bonds is 7. The van der Waals surface area contributed by atoms with E-state index in [2.05, 4.69) is 17.4 Å². The molecule has 0 bridgehead atoms. The van der Waals surface area contributed by atoms with Crippen LogP contribution in [-0.2, 0) is 13.0 Å². The first-order valence-corrected chi connectivity index (χ1v) is 6.41. The number of hydrogen-bond donors (Lipinski definition) is 1. The van der Waals surface area contributed by atoms with E-state index in [1.54, 1.807) is 6.07 Å². The van der Waals surface area contributed by atoms with Crippen molar-refractivity contribution in [3.05, 3.63) is 59.5 Å². The summed E-state index contributed by atoms with van der Waals surface area (Å²) in [6.07, 6.45) is 2.14. The molecular formula is C15H17NO3. The van der Waals surface area contributed by atoms with Crippen molar-refractivity contribution in [2.45, 2.75) is 19.4 Å². The molecule has 0 saturated carbocycles. The van der Waals surface area contributed by atoms with Gasteiger partial charge in [-0.25, -0.2) is 0 Å². The van der Waals surface area contributed by atoms with Gasteiger partial charge in [-0.2, -0.15) is 0 Å². The first kappa shape index (κ1) is 13.4. The Bertz CT molecular complexity index is 519. The maximum Gasteiger partial charge on any atom is 0.158 e. The molecule has 1 heterocycles. The monoisotopic (exact) mass is 259 g/mol. The number of benzene rings is 1. The van der Waals surface area contributed by atoms with Crippen LogP contribution >= 0.6 is 0 Å². The highest BCUT2D eigenvalue weighted by Crippen LogP contribution is 2.05. The van der Waals surface area contributed by atoms with Crippen molar-refractivity contribution in [3.63, 3.8) is 0 Å². The average Bonchev–Trinajstić information content (AvgIpc) is 2.89. The summed E-state index contributed by atoms with van der Waals surface area (Å²) in [5.41, 5.74) is 1.34. The van der Waals surface area contributed by atoms with Crippen molar-refractivity contribution in [3.8, 4) is 0 Å². The Labute approximate surface area is 112 Å². The van der Waals surface area contributed by atoms with Crippen molar-refractivity contribution in [2.75, 3.05) is 6.54 Å². The second-order valence-corrected chi connectivity index (χ2v) is 4.42. The highest BCUT2D eigenvalue weighted by Gasteiger charge is 2.04. The van der Waals surface area contributed by atoms with Crippen molar-refractivity contribution in [2.24, 2.45) is 0 Å². The Morgan fingerprint density at radius 3 is 2.63 bits per heavy atom. The zero-order valence-corrected chi connectivity index (χ0v) is 10.7. The molecule has 2 rings (SSSR count). The zero-order chi connectivity index (χ0) is 13.5. The summed E-state index contributed by atoms with van der Waals surface area (Å²) < 4.78 is 5.12. The van der Waals surface area contributed by atoms with Gasteiger partial charge in [0, 0.05) is 6.42 Å². The summed E-state index contributed by atoms with van der Waals surface area (Å²) in [6, 6.07) is 13.5. The number of carboxylic acids is 1. The summed E-state index contributed by atoms with van der Waals surface area (Å²) >= 11 is 0. The average molecular weight is 259 g/mol. The van der Waals surface area contributed by atoms with Crippen molar-refractivity contribution < 1.29 is 19.6 Å². The molecule has 19 heavy (non-hydrogen) atoms. The second-order valence-electron chi connectivity index (χ2n) is 4.42. The van der Waals surface area contributed by atoms with E-state index in [1.807, 2.05) is 18.2 Å². The lowest BCUT2D eigenvalue weighted by atomic mass is 10.1. The number of quaternary nitrogens is 1. The Morgan fingerprint density at radius 1 is 1.16 bits per heavy atom. The van der Waals surface area contributed by atoms with Crippen LogP contribution in [0.4, 0.5) is 0 Å². The van der Waals surface area contributed by atoms with Crippen LogP contribution in [0.2, 0.25) is 0 Å². The molecule has 0 fully saturated rings. The van der Waals surface area contributed by atoms with E-state index in [9.17, 15) is 9.90 Å². The number of nitrogens with two attached hydrogens (primary N) is 1. The van der Waals surface area contributed by atoms with Crippen LogP contribution in [0, 0.1) is 0 Å². The van der Waals surface area contributed by atoms with Gasteiger partial charge in [0.15, 0.2) is 5.76 Å². The quantitative estimate of drug-likeness (QED) is 0.729. The molecule has 100 valence electrons. The maximum absolute atomic E-state index is 10.5. The molecule has 0 aliphatic rings. The van der Waals surface area contributed by atoms with Gasteiger partial charge < -0.3 is 19.6 Å². The molecule has 0 amide bonds. The summed E-state index contributed by atoms with van der Waals surface area (Å²) in [5.74, 6) is -0.707. The van der Waals surface area contributed by atoms with Crippen LogP contribution in [0.5, 0.6) is 0 Å². The third-order valence-corrected chi connectivity index (χ3v) is 2.92. The third kappa shape index (κ3) is 4.26. The van der Waals surface area contributed by atoms with Crippen LogP contribution in [0.25, 0.3) is 0 Å². The van der Waals surface area contributed by atoms with E-state index >= 15 is 0 Å². The number of furan rings is 1. The predicted octanol–water partition coefficient (Wildman–Crippen LogP) is 0.339. The highest BCUT2D eigenvalue weighted by molar-refractivity contribution is 5.82. The van der Waals surface area contributed by atoms with Crippen LogP contribution < -0.4 is 10.4 Å². The number of hydrogen-bond acceptors (Lipinski definition) is 3. The summed E-state index contributed by atoms with van der Waals surface area (Å²) in [5, 5.41) is 12.6. The number of aryl methyl sites for hydroxylation is 1. The predicted molar refractivity (Wildman–Crippen MR) is 68.3 cm³/mol. The fourth-order valence-electron chi connectivity index (χ4n) is 1.94. The van der Waals surface area contributed by atoms with Gasteiger partial charge in [-0.3, -0.25) is 0 Å². The minimum Gasteiger partial charge on any atom is -0.542 e. The molecule has 0 aliphatic heterocycles. The van der Waals surface area contributed by atoms with Gasteiger partial charge in [-0.1, -0.05) is 30.3 Å². The first-order chi connectivity index (χ1) is 9.25. The molecular weight excluding hydrogens is 242 g/mol. The molecule has 0 atom stereocenters. The summed E-state index contributed by atoms with van der Waals surface area (Å²) in [4.78, 5) is 10.5. The molecule has 0 unspecified atom stereocenters.